The zero-order chi connectivity index (χ0) is 7.14. The molecule has 0 aromatic rings. The van der Waals surface area contributed by atoms with E-state index in [1.165, 1.54) is 4.91 Å². The molecule has 0 radical (unpaired) electrons. The van der Waals surface area contributed by atoms with Crippen molar-refractivity contribution in [2.24, 2.45) is 0 Å². The van der Waals surface area contributed by atoms with Crippen LogP contribution in [0, 0.1) is 0 Å². The van der Waals surface area contributed by atoms with Crippen molar-refractivity contribution < 1.29 is 4.79 Å². The summed E-state index contributed by atoms with van der Waals surface area (Å²) >= 11 is 1.75. The van der Waals surface area contributed by atoms with Gasteiger partial charge in [0.1, 0.15) is 0 Å². The second-order valence-electron chi connectivity index (χ2n) is 2.65. The SMILES string of the molecule is C=C1CCN2C(=O)C[C@H]2S1. The molecule has 2 rings (SSSR count). The van der Waals surface area contributed by atoms with Crippen LogP contribution in [0.25, 0.3) is 0 Å². The second-order valence-corrected chi connectivity index (χ2v) is 4.01. The van der Waals surface area contributed by atoms with Gasteiger partial charge in [0.2, 0.25) is 5.91 Å². The zero-order valence-corrected chi connectivity index (χ0v) is 6.49. The number of thioether (sulfide) groups is 1. The van der Waals surface area contributed by atoms with Crippen molar-refractivity contribution in [2.45, 2.75) is 18.2 Å². The predicted octanol–water partition coefficient (Wildman–Crippen LogP) is 1.20. The smallest absolute Gasteiger partial charge is 0.226 e. The maximum Gasteiger partial charge on any atom is 0.226 e. The monoisotopic (exact) mass is 155 g/mol. The molecule has 0 N–H and O–H groups in total. The van der Waals surface area contributed by atoms with Crippen LogP contribution in [0.4, 0.5) is 0 Å². The van der Waals surface area contributed by atoms with E-state index in [1.54, 1.807) is 11.8 Å². The van der Waals surface area contributed by atoms with Crippen LogP contribution in [-0.4, -0.2) is 22.7 Å². The molecule has 54 valence electrons. The second kappa shape index (κ2) is 2.02. The average Bonchev–Trinajstić information content (AvgIpc) is 1.86. The number of rotatable bonds is 0. The fourth-order valence-electron chi connectivity index (χ4n) is 1.30. The summed E-state index contributed by atoms with van der Waals surface area (Å²) in [6.45, 7) is 4.78. The Morgan fingerprint density at radius 1 is 1.70 bits per heavy atom. The minimum absolute atomic E-state index is 0.310. The molecular formula is C7H9NOS. The van der Waals surface area contributed by atoms with Crippen molar-refractivity contribution in [1.29, 1.82) is 0 Å². The molecule has 2 nitrogen and oxygen atoms in total. The van der Waals surface area contributed by atoms with E-state index in [4.69, 9.17) is 0 Å². The summed E-state index contributed by atoms with van der Waals surface area (Å²) in [5.41, 5.74) is 0. The van der Waals surface area contributed by atoms with Gasteiger partial charge in [0, 0.05) is 6.54 Å². The Morgan fingerprint density at radius 2 is 2.50 bits per heavy atom. The molecule has 2 aliphatic heterocycles. The highest BCUT2D eigenvalue weighted by atomic mass is 32.2. The third-order valence-corrected chi connectivity index (χ3v) is 3.18. The van der Waals surface area contributed by atoms with Crippen molar-refractivity contribution in [3.05, 3.63) is 11.5 Å². The van der Waals surface area contributed by atoms with Gasteiger partial charge in [0.15, 0.2) is 0 Å². The normalized spacial score (nSPS) is 31.6. The molecule has 0 aliphatic carbocycles. The molecule has 0 spiro atoms. The first-order valence-corrected chi connectivity index (χ1v) is 4.29. The van der Waals surface area contributed by atoms with Gasteiger partial charge in [-0.25, -0.2) is 0 Å². The lowest BCUT2D eigenvalue weighted by molar-refractivity contribution is -0.141. The number of β-lactam (4-membered cyclic amide) rings is 1. The molecule has 0 aromatic carbocycles. The summed E-state index contributed by atoms with van der Waals surface area (Å²) < 4.78 is 0. The number of carbonyl (C=O) groups excluding carboxylic acids is 1. The van der Waals surface area contributed by atoms with Crippen LogP contribution >= 0.6 is 11.8 Å². The minimum Gasteiger partial charge on any atom is -0.329 e. The van der Waals surface area contributed by atoms with Gasteiger partial charge in [-0.3, -0.25) is 4.79 Å². The van der Waals surface area contributed by atoms with Crippen LogP contribution in [-0.2, 0) is 4.79 Å². The quantitative estimate of drug-likeness (QED) is 0.490. The van der Waals surface area contributed by atoms with Crippen LogP contribution in [0.1, 0.15) is 12.8 Å². The summed E-state index contributed by atoms with van der Waals surface area (Å²) in [4.78, 5) is 14.0. The van der Waals surface area contributed by atoms with Gasteiger partial charge in [-0.05, 0) is 11.3 Å². The Labute approximate surface area is 64.3 Å². The lowest BCUT2D eigenvalue weighted by atomic mass is 10.2. The standard InChI is InChI=1S/C7H9NOS/c1-5-2-3-8-6(9)4-7(8)10-5/h7H,1-4H2/t7-/m1/s1. The lowest BCUT2D eigenvalue weighted by Crippen LogP contribution is -2.52. The third kappa shape index (κ3) is 0.770. The molecule has 2 aliphatic rings. The number of amides is 1. The molecule has 1 amide bonds. The molecule has 1 atom stereocenters. The number of hydrogen-bond acceptors (Lipinski definition) is 2. The molecule has 3 heteroatoms. The van der Waals surface area contributed by atoms with Crippen molar-refractivity contribution in [1.82, 2.24) is 4.90 Å². The van der Waals surface area contributed by atoms with Crippen LogP contribution in [0.3, 0.4) is 0 Å². The van der Waals surface area contributed by atoms with Crippen molar-refractivity contribution in [2.75, 3.05) is 6.54 Å². The largest absolute Gasteiger partial charge is 0.329 e. The fourth-order valence-corrected chi connectivity index (χ4v) is 2.47. The molecule has 0 saturated carbocycles. The molecule has 0 bridgehead atoms. The van der Waals surface area contributed by atoms with Gasteiger partial charge in [0.25, 0.3) is 0 Å². The van der Waals surface area contributed by atoms with E-state index in [0.717, 1.165) is 19.4 Å². The van der Waals surface area contributed by atoms with Crippen molar-refractivity contribution >= 4 is 17.7 Å². The maximum absolute atomic E-state index is 10.9. The number of carbonyl (C=O) groups is 1. The topological polar surface area (TPSA) is 20.3 Å². The van der Waals surface area contributed by atoms with Gasteiger partial charge < -0.3 is 4.90 Å². The summed E-state index contributed by atoms with van der Waals surface area (Å²) in [5.74, 6) is 0.310. The molecule has 2 heterocycles. The molecule has 0 unspecified atom stereocenters. The van der Waals surface area contributed by atoms with Crippen LogP contribution < -0.4 is 0 Å². The minimum atomic E-state index is 0.310. The lowest BCUT2D eigenvalue weighted by Gasteiger charge is -2.43. The number of fused-ring (bicyclic) bond motifs is 1. The van der Waals surface area contributed by atoms with E-state index in [0.29, 0.717) is 11.3 Å². The van der Waals surface area contributed by atoms with Crippen molar-refractivity contribution in [3.63, 3.8) is 0 Å². The summed E-state index contributed by atoms with van der Waals surface area (Å²) in [7, 11) is 0. The zero-order valence-electron chi connectivity index (χ0n) is 5.67. The van der Waals surface area contributed by atoms with Gasteiger partial charge >= 0.3 is 0 Å². The van der Waals surface area contributed by atoms with Crippen LogP contribution in [0.5, 0.6) is 0 Å². The average molecular weight is 155 g/mol. The third-order valence-electron chi connectivity index (χ3n) is 1.95. The van der Waals surface area contributed by atoms with E-state index in [9.17, 15) is 4.79 Å². The van der Waals surface area contributed by atoms with Crippen LogP contribution in [0.2, 0.25) is 0 Å². The van der Waals surface area contributed by atoms with Gasteiger partial charge in [-0.15, -0.1) is 11.8 Å². The summed E-state index contributed by atoms with van der Waals surface area (Å²) in [6.07, 6.45) is 1.70. The van der Waals surface area contributed by atoms with Crippen molar-refractivity contribution in [3.8, 4) is 0 Å². The fraction of sp³-hybridized carbons (Fsp3) is 0.571. The highest BCUT2D eigenvalue weighted by Crippen LogP contribution is 2.39. The molecule has 10 heavy (non-hydrogen) atoms. The molecular weight excluding hydrogens is 146 g/mol. The predicted molar refractivity (Wildman–Crippen MR) is 41.5 cm³/mol. The summed E-state index contributed by atoms with van der Waals surface area (Å²) in [6, 6.07) is 0. The Kier molecular flexibility index (Phi) is 1.27. The maximum atomic E-state index is 10.9. The summed E-state index contributed by atoms with van der Waals surface area (Å²) in [5, 5.41) is 0.439. The van der Waals surface area contributed by atoms with E-state index in [2.05, 4.69) is 6.58 Å². The first-order chi connectivity index (χ1) is 4.77. The first-order valence-electron chi connectivity index (χ1n) is 3.41. The Bertz CT molecular complexity index is 196. The number of hydrogen-bond donors (Lipinski definition) is 0. The van der Waals surface area contributed by atoms with E-state index in [-0.39, 0.29) is 0 Å². The molecule has 2 fully saturated rings. The number of nitrogens with zero attached hydrogens (tertiary/aromatic N) is 1. The Hall–Kier alpha value is -0.440. The Balaban J connectivity index is 2.05. The van der Waals surface area contributed by atoms with Gasteiger partial charge in [-0.2, -0.15) is 0 Å². The molecule has 2 saturated heterocycles. The highest BCUT2D eigenvalue weighted by Gasteiger charge is 2.38. The Morgan fingerprint density at radius 3 is 3.10 bits per heavy atom. The van der Waals surface area contributed by atoms with E-state index in [1.807, 2.05) is 4.90 Å². The van der Waals surface area contributed by atoms with E-state index >= 15 is 0 Å². The van der Waals surface area contributed by atoms with Gasteiger partial charge in [0.05, 0.1) is 11.8 Å². The first kappa shape index (κ1) is 6.28. The van der Waals surface area contributed by atoms with Crippen LogP contribution in [0.15, 0.2) is 11.5 Å². The molecule has 0 aromatic heterocycles. The van der Waals surface area contributed by atoms with Gasteiger partial charge in [-0.1, -0.05) is 6.58 Å². The van der Waals surface area contributed by atoms with E-state index < -0.39 is 0 Å². The highest BCUT2D eigenvalue weighted by molar-refractivity contribution is 8.03.